The lowest BCUT2D eigenvalue weighted by atomic mass is 10.1. The molecule has 1 heterocycles. The van der Waals surface area contributed by atoms with Crippen molar-refractivity contribution < 1.29 is 22.4 Å². The van der Waals surface area contributed by atoms with Crippen LogP contribution < -0.4 is 0 Å². The van der Waals surface area contributed by atoms with Gasteiger partial charge in [-0.25, -0.2) is 12.8 Å². The van der Waals surface area contributed by atoms with Crippen LogP contribution in [0.15, 0.2) is 42.5 Å². The molecular formula is C20H20ClFN2O4S. The van der Waals surface area contributed by atoms with Crippen LogP contribution in [0.1, 0.15) is 26.3 Å². The van der Waals surface area contributed by atoms with E-state index in [-0.39, 0.29) is 28.2 Å². The molecular weight excluding hydrogens is 419 g/mol. The largest absolute Gasteiger partial charge is 0.335 e. The second-order valence-corrected chi connectivity index (χ2v) is 9.53. The minimum Gasteiger partial charge on any atom is -0.335 e. The van der Waals surface area contributed by atoms with Crippen LogP contribution in [-0.4, -0.2) is 62.5 Å². The van der Waals surface area contributed by atoms with Crippen LogP contribution >= 0.6 is 11.6 Å². The van der Waals surface area contributed by atoms with E-state index in [9.17, 15) is 22.4 Å². The van der Waals surface area contributed by atoms with Crippen molar-refractivity contribution in [3.63, 3.8) is 0 Å². The Morgan fingerprint density at radius 1 is 1.00 bits per heavy atom. The van der Waals surface area contributed by atoms with Crippen molar-refractivity contribution in [3.05, 3.63) is 70.0 Å². The Labute approximate surface area is 173 Å². The van der Waals surface area contributed by atoms with Gasteiger partial charge in [-0.3, -0.25) is 9.59 Å². The summed E-state index contributed by atoms with van der Waals surface area (Å²) in [4.78, 5) is 28.6. The maximum absolute atomic E-state index is 13.2. The van der Waals surface area contributed by atoms with Gasteiger partial charge in [0.05, 0.1) is 16.3 Å². The number of sulfone groups is 1. The van der Waals surface area contributed by atoms with Crippen LogP contribution in [0.25, 0.3) is 0 Å². The fourth-order valence-electron chi connectivity index (χ4n) is 3.23. The normalized spacial score (nSPS) is 14.7. The number of hydrogen-bond donors (Lipinski definition) is 0. The van der Waals surface area contributed by atoms with Crippen molar-refractivity contribution in [1.29, 1.82) is 0 Å². The molecule has 9 heteroatoms. The summed E-state index contributed by atoms with van der Waals surface area (Å²) in [7, 11) is -3.20. The van der Waals surface area contributed by atoms with Gasteiger partial charge in [0.1, 0.15) is 5.82 Å². The maximum atomic E-state index is 13.2. The van der Waals surface area contributed by atoms with Crippen molar-refractivity contribution in [2.75, 3.05) is 32.4 Å². The Balaban J connectivity index is 1.65. The molecule has 0 saturated carbocycles. The van der Waals surface area contributed by atoms with E-state index in [0.717, 1.165) is 12.3 Å². The predicted octanol–water partition coefficient (Wildman–Crippen LogP) is 2.62. The summed E-state index contributed by atoms with van der Waals surface area (Å²) in [6, 6.07) is 10.2. The van der Waals surface area contributed by atoms with Crippen LogP contribution in [0.2, 0.25) is 5.02 Å². The van der Waals surface area contributed by atoms with E-state index in [4.69, 9.17) is 11.6 Å². The lowest BCUT2D eigenvalue weighted by Crippen LogP contribution is -2.50. The Kier molecular flexibility index (Phi) is 6.24. The number of nitrogens with zero attached hydrogens (tertiary/aromatic N) is 2. The smallest absolute Gasteiger partial charge is 0.255 e. The third-order valence-corrected chi connectivity index (χ3v) is 5.79. The number of benzene rings is 2. The Morgan fingerprint density at radius 2 is 1.62 bits per heavy atom. The van der Waals surface area contributed by atoms with Crippen LogP contribution in [0, 0.1) is 5.82 Å². The van der Waals surface area contributed by atoms with Crippen molar-refractivity contribution in [3.8, 4) is 0 Å². The molecule has 29 heavy (non-hydrogen) atoms. The van der Waals surface area contributed by atoms with Gasteiger partial charge in [-0.15, -0.1) is 0 Å². The fourth-order valence-corrected chi connectivity index (χ4v) is 4.26. The van der Waals surface area contributed by atoms with Gasteiger partial charge in [-0.05, 0) is 35.9 Å². The summed E-state index contributed by atoms with van der Waals surface area (Å²) >= 11 is 5.97. The Morgan fingerprint density at radius 3 is 2.21 bits per heavy atom. The van der Waals surface area contributed by atoms with Crippen LogP contribution in [0.5, 0.6) is 0 Å². The second-order valence-electron chi connectivity index (χ2n) is 6.98. The summed E-state index contributed by atoms with van der Waals surface area (Å²) in [5.41, 5.74) is 1.19. The van der Waals surface area contributed by atoms with Gasteiger partial charge < -0.3 is 9.80 Å². The van der Waals surface area contributed by atoms with Gasteiger partial charge in [0.15, 0.2) is 9.84 Å². The van der Waals surface area contributed by atoms with Crippen molar-refractivity contribution in [2.24, 2.45) is 0 Å². The third-order valence-electron chi connectivity index (χ3n) is 4.62. The molecule has 0 N–H and O–H groups in total. The molecule has 0 radical (unpaired) electrons. The number of amides is 2. The van der Waals surface area contributed by atoms with Crippen molar-refractivity contribution in [1.82, 2.24) is 9.80 Å². The van der Waals surface area contributed by atoms with E-state index >= 15 is 0 Å². The molecule has 1 saturated heterocycles. The number of hydrogen-bond acceptors (Lipinski definition) is 4. The highest BCUT2D eigenvalue weighted by Crippen LogP contribution is 2.20. The fraction of sp³-hybridized carbons (Fsp3) is 0.300. The lowest BCUT2D eigenvalue weighted by molar-refractivity contribution is 0.0535. The first-order chi connectivity index (χ1) is 13.6. The molecule has 2 aromatic carbocycles. The molecule has 0 spiro atoms. The average molecular weight is 439 g/mol. The molecule has 0 unspecified atom stereocenters. The van der Waals surface area contributed by atoms with E-state index < -0.39 is 15.7 Å². The summed E-state index contributed by atoms with van der Waals surface area (Å²) in [6.45, 7) is 1.31. The maximum Gasteiger partial charge on any atom is 0.255 e. The van der Waals surface area contributed by atoms with Gasteiger partial charge in [-0.2, -0.15) is 0 Å². The third kappa shape index (κ3) is 5.33. The molecule has 6 nitrogen and oxygen atoms in total. The standard InChI is InChI=1S/C20H20ClFN2O4S/c1-29(27,28)13-14-3-2-4-15(11-14)19(25)23-7-9-24(10-8-23)20(26)17-6-5-16(22)12-18(17)21/h2-6,11-12H,7-10,13H2,1H3. The first-order valence-electron chi connectivity index (χ1n) is 8.94. The summed E-state index contributed by atoms with van der Waals surface area (Å²) < 4.78 is 36.1. The molecule has 0 atom stereocenters. The summed E-state index contributed by atoms with van der Waals surface area (Å²) in [5.74, 6) is -1.17. The van der Waals surface area contributed by atoms with E-state index in [1.165, 1.54) is 12.1 Å². The van der Waals surface area contributed by atoms with Crippen molar-refractivity contribution in [2.45, 2.75) is 5.75 Å². The molecule has 0 aromatic heterocycles. The molecule has 1 aliphatic rings. The predicted molar refractivity (Wildman–Crippen MR) is 108 cm³/mol. The number of halogens is 2. The van der Waals surface area contributed by atoms with Crippen LogP contribution in [0.3, 0.4) is 0 Å². The zero-order chi connectivity index (χ0) is 21.2. The van der Waals surface area contributed by atoms with Crippen LogP contribution in [-0.2, 0) is 15.6 Å². The van der Waals surface area contributed by atoms with Gasteiger partial charge in [-0.1, -0.05) is 23.7 Å². The average Bonchev–Trinajstić information content (AvgIpc) is 2.66. The summed E-state index contributed by atoms with van der Waals surface area (Å²) in [6.07, 6.45) is 1.14. The first kappa shape index (κ1) is 21.3. The molecule has 1 fully saturated rings. The van der Waals surface area contributed by atoms with Gasteiger partial charge in [0.25, 0.3) is 11.8 Å². The zero-order valence-corrected chi connectivity index (χ0v) is 17.3. The second kappa shape index (κ2) is 8.51. The molecule has 154 valence electrons. The molecule has 2 aromatic rings. The van der Waals surface area contributed by atoms with Gasteiger partial charge in [0.2, 0.25) is 0 Å². The van der Waals surface area contributed by atoms with Gasteiger partial charge >= 0.3 is 0 Å². The monoisotopic (exact) mass is 438 g/mol. The Bertz CT molecular complexity index is 1050. The molecule has 2 amide bonds. The number of rotatable bonds is 4. The number of carbonyl (C=O) groups excluding carboxylic acids is 2. The molecule has 0 bridgehead atoms. The number of carbonyl (C=O) groups is 2. The molecule has 0 aliphatic carbocycles. The van der Waals surface area contributed by atoms with Gasteiger partial charge in [0, 0.05) is 38.0 Å². The minimum atomic E-state index is -3.20. The zero-order valence-electron chi connectivity index (χ0n) is 15.8. The molecule has 1 aliphatic heterocycles. The van der Waals surface area contributed by atoms with E-state index in [0.29, 0.717) is 37.3 Å². The van der Waals surface area contributed by atoms with E-state index in [2.05, 4.69) is 0 Å². The minimum absolute atomic E-state index is 0.0520. The SMILES string of the molecule is CS(=O)(=O)Cc1cccc(C(=O)N2CCN(C(=O)c3ccc(F)cc3Cl)CC2)c1. The topological polar surface area (TPSA) is 74.8 Å². The highest BCUT2D eigenvalue weighted by atomic mass is 35.5. The van der Waals surface area contributed by atoms with Crippen molar-refractivity contribution >= 4 is 33.3 Å². The van der Waals surface area contributed by atoms with Crippen LogP contribution in [0.4, 0.5) is 4.39 Å². The highest BCUT2D eigenvalue weighted by Gasteiger charge is 2.26. The number of piperazine rings is 1. The van der Waals surface area contributed by atoms with E-state index in [1.807, 2.05) is 0 Å². The summed E-state index contributed by atoms with van der Waals surface area (Å²) in [5, 5.41) is 0.0520. The quantitative estimate of drug-likeness (QED) is 0.735. The highest BCUT2D eigenvalue weighted by molar-refractivity contribution is 7.89. The lowest BCUT2D eigenvalue weighted by Gasteiger charge is -2.35. The first-order valence-corrected chi connectivity index (χ1v) is 11.4. The molecule has 3 rings (SSSR count). The Hall–Kier alpha value is -2.45. The van der Waals surface area contributed by atoms with E-state index in [1.54, 1.807) is 34.1 Å².